The molecule has 3 aromatic rings. The number of hydrogen-bond acceptors (Lipinski definition) is 3. The first-order chi connectivity index (χ1) is 9.66. The summed E-state index contributed by atoms with van der Waals surface area (Å²) >= 11 is 0. The standard InChI is InChI=1S/C17H13NO2/c1-11-4-6-12(7-5-11)17(20)14-8-9-15(19)16-13(14)3-2-10-18-16/h2-10,19H,1H3. The van der Waals surface area contributed by atoms with Crippen LogP contribution in [0.3, 0.4) is 0 Å². The number of pyridine rings is 1. The van der Waals surface area contributed by atoms with E-state index >= 15 is 0 Å². The number of phenolic OH excluding ortho intramolecular Hbond substituents is 1. The topological polar surface area (TPSA) is 50.2 Å². The van der Waals surface area contributed by atoms with Crippen molar-refractivity contribution in [1.29, 1.82) is 0 Å². The average Bonchev–Trinajstić information content (AvgIpc) is 2.48. The third kappa shape index (κ3) is 2.03. The zero-order chi connectivity index (χ0) is 14.1. The lowest BCUT2D eigenvalue weighted by Crippen LogP contribution is -2.02. The molecule has 3 rings (SSSR count). The highest BCUT2D eigenvalue weighted by molar-refractivity contribution is 6.16. The fourth-order valence-electron chi connectivity index (χ4n) is 2.22. The summed E-state index contributed by atoms with van der Waals surface area (Å²) in [6.45, 7) is 1.98. The number of carbonyl (C=O) groups is 1. The van der Waals surface area contributed by atoms with Crippen LogP contribution in [0.5, 0.6) is 5.75 Å². The summed E-state index contributed by atoms with van der Waals surface area (Å²) in [6.07, 6.45) is 1.60. The lowest BCUT2D eigenvalue weighted by Gasteiger charge is -2.07. The Bertz CT molecular complexity index is 792. The monoisotopic (exact) mass is 263 g/mol. The predicted molar refractivity (Wildman–Crippen MR) is 78.0 cm³/mol. The van der Waals surface area contributed by atoms with E-state index in [4.69, 9.17) is 0 Å². The lowest BCUT2D eigenvalue weighted by molar-refractivity contribution is 0.104. The number of carbonyl (C=O) groups excluding carboxylic acids is 1. The van der Waals surface area contributed by atoms with Gasteiger partial charge in [0.05, 0.1) is 0 Å². The van der Waals surface area contributed by atoms with Gasteiger partial charge < -0.3 is 5.11 Å². The van der Waals surface area contributed by atoms with E-state index in [1.54, 1.807) is 24.4 Å². The van der Waals surface area contributed by atoms with Crippen molar-refractivity contribution < 1.29 is 9.90 Å². The fourth-order valence-corrected chi connectivity index (χ4v) is 2.22. The molecule has 3 heteroatoms. The van der Waals surface area contributed by atoms with Crippen LogP contribution >= 0.6 is 0 Å². The Morgan fingerprint density at radius 2 is 1.80 bits per heavy atom. The molecule has 0 saturated carbocycles. The number of hydrogen-bond donors (Lipinski definition) is 1. The van der Waals surface area contributed by atoms with E-state index in [1.807, 2.05) is 31.2 Å². The van der Waals surface area contributed by atoms with Crippen molar-refractivity contribution in [3.63, 3.8) is 0 Å². The van der Waals surface area contributed by atoms with Crippen molar-refractivity contribution >= 4 is 16.7 Å². The molecule has 20 heavy (non-hydrogen) atoms. The van der Waals surface area contributed by atoms with E-state index in [0.29, 0.717) is 22.0 Å². The molecular formula is C17H13NO2. The minimum absolute atomic E-state index is 0.0667. The Balaban J connectivity index is 2.17. The molecule has 0 aliphatic carbocycles. The van der Waals surface area contributed by atoms with Crippen LogP contribution in [-0.4, -0.2) is 15.9 Å². The summed E-state index contributed by atoms with van der Waals surface area (Å²) in [5.41, 5.74) is 2.74. The van der Waals surface area contributed by atoms with Crippen LogP contribution in [0, 0.1) is 6.92 Å². The first-order valence-electron chi connectivity index (χ1n) is 6.35. The van der Waals surface area contributed by atoms with Gasteiger partial charge >= 0.3 is 0 Å². The third-order valence-electron chi connectivity index (χ3n) is 3.31. The second kappa shape index (κ2) is 4.78. The van der Waals surface area contributed by atoms with Crippen LogP contribution in [0.2, 0.25) is 0 Å². The third-order valence-corrected chi connectivity index (χ3v) is 3.31. The highest BCUT2D eigenvalue weighted by atomic mass is 16.3. The number of ketones is 1. The number of aromatic nitrogens is 1. The highest BCUT2D eigenvalue weighted by Gasteiger charge is 2.14. The summed E-state index contributed by atoms with van der Waals surface area (Å²) in [6, 6.07) is 14.1. The van der Waals surface area contributed by atoms with Crippen LogP contribution in [0.25, 0.3) is 10.9 Å². The van der Waals surface area contributed by atoms with Crippen LogP contribution in [0.4, 0.5) is 0 Å². The van der Waals surface area contributed by atoms with Gasteiger partial charge in [-0.05, 0) is 25.1 Å². The van der Waals surface area contributed by atoms with Gasteiger partial charge in [0, 0.05) is 22.7 Å². The summed E-state index contributed by atoms with van der Waals surface area (Å²) in [4.78, 5) is 16.7. The Hall–Kier alpha value is -2.68. The average molecular weight is 263 g/mol. The zero-order valence-corrected chi connectivity index (χ0v) is 11.0. The molecule has 0 radical (unpaired) electrons. The van der Waals surface area contributed by atoms with Gasteiger partial charge in [0.15, 0.2) is 5.78 Å². The number of rotatable bonds is 2. The Morgan fingerprint density at radius 3 is 2.55 bits per heavy atom. The molecule has 0 unspecified atom stereocenters. The quantitative estimate of drug-likeness (QED) is 0.720. The minimum Gasteiger partial charge on any atom is -0.506 e. The van der Waals surface area contributed by atoms with Gasteiger partial charge in [-0.15, -0.1) is 0 Å². The van der Waals surface area contributed by atoms with Gasteiger partial charge in [0.2, 0.25) is 0 Å². The van der Waals surface area contributed by atoms with E-state index in [0.717, 1.165) is 5.56 Å². The van der Waals surface area contributed by atoms with E-state index < -0.39 is 0 Å². The molecule has 98 valence electrons. The van der Waals surface area contributed by atoms with Gasteiger partial charge in [-0.25, -0.2) is 0 Å². The van der Waals surface area contributed by atoms with Crippen molar-refractivity contribution in [3.05, 3.63) is 71.4 Å². The Kier molecular flexibility index (Phi) is 2.95. The number of phenols is 1. The SMILES string of the molecule is Cc1ccc(C(=O)c2ccc(O)c3ncccc23)cc1. The van der Waals surface area contributed by atoms with Crippen molar-refractivity contribution in [2.24, 2.45) is 0 Å². The number of fused-ring (bicyclic) bond motifs is 1. The van der Waals surface area contributed by atoms with Crippen molar-refractivity contribution in [3.8, 4) is 5.75 Å². The first kappa shape index (κ1) is 12.4. The summed E-state index contributed by atoms with van der Waals surface area (Å²) < 4.78 is 0. The van der Waals surface area contributed by atoms with Crippen LogP contribution in [-0.2, 0) is 0 Å². The fraction of sp³-hybridized carbons (Fsp3) is 0.0588. The summed E-state index contributed by atoms with van der Waals surface area (Å²) in [7, 11) is 0. The molecule has 1 aromatic heterocycles. The van der Waals surface area contributed by atoms with Gasteiger partial charge in [-0.1, -0.05) is 35.9 Å². The molecule has 0 fully saturated rings. The number of benzene rings is 2. The molecule has 1 N–H and O–H groups in total. The van der Waals surface area contributed by atoms with Crippen molar-refractivity contribution in [2.75, 3.05) is 0 Å². The number of nitrogens with zero attached hydrogens (tertiary/aromatic N) is 1. The van der Waals surface area contributed by atoms with Gasteiger partial charge in [-0.2, -0.15) is 0 Å². The normalized spacial score (nSPS) is 10.7. The van der Waals surface area contributed by atoms with Gasteiger partial charge in [-0.3, -0.25) is 9.78 Å². The number of aromatic hydroxyl groups is 1. The molecule has 0 aliphatic rings. The predicted octanol–water partition coefficient (Wildman–Crippen LogP) is 3.48. The summed E-state index contributed by atoms with van der Waals surface area (Å²) in [5, 5.41) is 10.5. The maximum atomic E-state index is 12.6. The summed E-state index contributed by atoms with van der Waals surface area (Å²) in [5.74, 6) is 0.0176. The molecule has 0 saturated heterocycles. The van der Waals surface area contributed by atoms with Crippen molar-refractivity contribution in [2.45, 2.75) is 6.92 Å². The second-order valence-corrected chi connectivity index (χ2v) is 4.73. The van der Waals surface area contributed by atoms with Crippen LogP contribution in [0.1, 0.15) is 21.5 Å². The molecule has 2 aromatic carbocycles. The molecular weight excluding hydrogens is 250 g/mol. The number of aryl methyl sites for hydroxylation is 1. The lowest BCUT2D eigenvalue weighted by atomic mass is 9.98. The highest BCUT2D eigenvalue weighted by Crippen LogP contribution is 2.27. The van der Waals surface area contributed by atoms with E-state index in [1.165, 1.54) is 6.07 Å². The maximum Gasteiger partial charge on any atom is 0.193 e. The first-order valence-corrected chi connectivity index (χ1v) is 6.35. The van der Waals surface area contributed by atoms with Crippen molar-refractivity contribution in [1.82, 2.24) is 4.98 Å². The van der Waals surface area contributed by atoms with E-state index in [2.05, 4.69) is 4.98 Å². The van der Waals surface area contributed by atoms with Gasteiger partial charge in [0.1, 0.15) is 11.3 Å². The smallest absolute Gasteiger partial charge is 0.193 e. The minimum atomic E-state index is -0.0667. The van der Waals surface area contributed by atoms with Crippen LogP contribution < -0.4 is 0 Å². The Morgan fingerprint density at radius 1 is 1.05 bits per heavy atom. The van der Waals surface area contributed by atoms with E-state index in [9.17, 15) is 9.90 Å². The zero-order valence-electron chi connectivity index (χ0n) is 11.0. The van der Waals surface area contributed by atoms with Gasteiger partial charge in [0.25, 0.3) is 0 Å². The Labute approximate surface area is 116 Å². The maximum absolute atomic E-state index is 12.6. The molecule has 3 nitrogen and oxygen atoms in total. The molecule has 0 amide bonds. The molecule has 0 aliphatic heterocycles. The van der Waals surface area contributed by atoms with Crippen LogP contribution in [0.15, 0.2) is 54.7 Å². The molecule has 0 bridgehead atoms. The second-order valence-electron chi connectivity index (χ2n) is 4.73. The molecule has 0 spiro atoms. The van der Waals surface area contributed by atoms with E-state index in [-0.39, 0.29) is 11.5 Å². The molecule has 1 heterocycles. The largest absolute Gasteiger partial charge is 0.506 e. The molecule has 0 atom stereocenters.